The molecule has 0 radical (unpaired) electrons. The molecule has 1 aromatic heterocycles. The Morgan fingerprint density at radius 2 is 2.00 bits per heavy atom. The minimum absolute atomic E-state index is 0.313. The van der Waals surface area contributed by atoms with Gasteiger partial charge in [0.25, 0.3) is 0 Å². The molecule has 0 aliphatic heterocycles. The monoisotopic (exact) mass is 264 g/mol. The van der Waals surface area contributed by atoms with E-state index in [0.717, 1.165) is 11.1 Å². The SMILES string of the molecule is Cc1ccncc1CNCc1ccc(F)cc1Cl. The van der Waals surface area contributed by atoms with Crippen molar-refractivity contribution in [3.63, 3.8) is 0 Å². The van der Waals surface area contributed by atoms with Gasteiger partial charge >= 0.3 is 0 Å². The van der Waals surface area contributed by atoms with Gasteiger partial charge in [-0.25, -0.2) is 4.39 Å². The highest BCUT2D eigenvalue weighted by atomic mass is 35.5. The highest BCUT2D eigenvalue weighted by Gasteiger charge is 2.02. The molecular formula is C14H14ClFN2. The molecule has 2 aromatic rings. The quantitative estimate of drug-likeness (QED) is 0.915. The molecule has 0 spiro atoms. The van der Waals surface area contributed by atoms with Crippen LogP contribution in [-0.2, 0) is 13.1 Å². The molecule has 1 aromatic carbocycles. The third-order valence-corrected chi connectivity index (χ3v) is 3.15. The van der Waals surface area contributed by atoms with Crippen LogP contribution in [0.25, 0.3) is 0 Å². The van der Waals surface area contributed by atoms with Crippen molar-refractivity contribution in [3.8, 4) is 0 Å². The summed E-state index contributed by atoms with van der Waals surface area (Å²) in [5, 5.41) is 3.72. The number of aromatic nitrogens is 1. The summed E-state index contributed by atoms with van der Waals surface area (Å²) in [6, 6.07) is 6.41. The first-order chi connectivity index (χ1) is 8.66. The first kappa shape index (κ1) is 13.0. The van der Waals surface area contributed by atoms with E-state index < -0.39 is 0 Å². The molecule has 0 unspecified atom stereocenters. The van der Waals surface area contributed by atoms with Crippen LogP contribution < -0.4 is 5.32 Å². The maximum atomic E-state index is 12.9. The standard InChI is InChI=1S/C14H14ClFN2/c1-10-4-5-17-8-12(10)9-18-7-11-2-3-13(16)6-14(11)15/h2-6,8,18H,7,9H2,1H3. The van der Waals surface area contributed by atoms with E-state index in [1.807, 2.05) is 19.2 Å². The van der Waals surface area contributed by atoms with Gasteiger partial charge in [0.2, 0.25) is 0 Å². The van der Waals surface area contributed by atoms with Crippen LogP contribution in [-0.4, -0.2) is 4.98 Å². The van der Waals surface area contributed by atoms with Crippen molar-refractivity contribution in [2.75, 3.05) is 0 Å². The summed E-state index contributed by atoms with van der Waals surface area (Å²) in [5.74, 6) is -0.313. The van der Waals surface area contributed by atoms with Crippen molar-refractivity contribution in [2.45, 2.75) is 20.0 Å². The molecule has 0 saturated heterocycles. The molecule has 2 rings (SSSR count). The Balaban J connectivity index is 1.95. The summed E-state index contributed by atoms with van der Waals surface area (Å²) in [6.45, 7) is 3.37. The lowest BCUT2D eigenvalue weighted by atomic mass is 10.1. The fourth-order valence-corrected chi connectivity index (χ4v) is 1.91. The van der Waals surface area contributed by atoms with Gasteiger partial charge in [0, 0.05) is 30.5 Å². The van der Waals surface area contributed by atoms with E-state index in [4.69, 9.17) is 11.6 Å². The predicted octanol–water partition coefficient (Wildman–Crippen LogP) is 3.47. The van der Waals surface area contributed by atoms with E-state index in [9.17, 15) is 4.39 Å². The second-order valence-corrected chi connectivity index (χ2v) is 4.55. The molecule has 0 amide bonds. The highest BCUT2D eigenvalue weighted by Crippen LogP contribution is 2.17. The lowest BCUT2D eigenvalue weighted by Crippen LogP contribution is -2.14. The Morgan fingerprint density at radius 3 is 2.72 bits per heavy atom. The average Bonchev–Trinajstić information content (AvgIpc) is 2.34. The highest BCUT2D eigenvalue weighted by molar-refractivity contribution is 6.31. The maximum absolute atomic E-state index is 12.9. The first-order valence-corrected chi connectivity index (χ1v) is 6.09. The van der Waals surface area contributed by atoms with Crippen molar-refractivity contribution < 1.29 is 4.39 Å². The molecule has 1 heterocycles. The number of aryl methyl sites for hydroxylation is 1. The minimum Gasteiger partial charge on any atom is -0.308 e. The molecule has 0 bridgehead atoms. The molecular weight excluding hydrogens is 251 g/mol. The van der Waals surface area contributed by atoms with Crippen molar-refractivity contribution in [1.82, 2.24) is 10.3 Å². The van der Waals surface area contributed by atoms with Crippen molar-refractivity contribution in [2.24, 2.45) is 0 Å². The maximum Gasteiger partial charge on any atom is 0.124 e. The number of hydrogen-bond donors (Lipinski definition) is 1. The second kappa shape index (κ2) is 5.94. The summed E-state index contributed by atoms with van der Waals surface area (Å²) in [7, 11) is 0. The molecule has 18 heavy (non-hydrogen) atoms. The molecule has 0 saturated carbocycles. The van der Waals surface area contributed by atoms with Gasteiger partial charge in [-0.1, -0.05) is 17.7 Å². The van der Waals surface area contributed by atoms with Crippen LogP contribution >= 0.6 is 11.6 Å². The fourth-order valence-electron chi connectivity index (χ4n) is 1.68. The topological polar surface area (TPSA) is 24.9 Å². The van der Waals surface area contributed by atoms with E-state index in [2.05, 4.69) is 10.3 Å². The lowest BCUT2D eigenvalue weighted by Gasteiger charge is -2.08. The Morgan fingerprint density at radius 1 is 1.22 bits per heavy atom. The van der Waals surface area contributed by atoms with E-state index in [-0.39, 0.29) is 5.82 Å². The third kappa shape index (κ3) is 3.28. The summed E-state index contributed by atoms with van der Waals surface area (Å²) in [6.07, 6.45) is 3.62. The van der Waals surface area contributed by atoms with Crippen LogP contribution in [0.5, 0.6) is 0 Å². The number of nitrogens with zero attached hydrogens (tertiary/aromatic N) is 1. The zero-order valence-electron chi connectivity index (χ0n) is 10.1. The first-order valence-electron chi connectivity index (χ1n) is 5.71. The van der Waals surface area contributed by atoms with Crippen molar-refractivity contribution in [3.05, 3.63) is 64.2 Å². The van der Waals surface area contributed by atoms with E-state index >= 15 is 0 Å². The van der Waals surface area contributed by atoms with E-state index in [1.165, 1.54) is 17.7 Å². The number of hydrogen-bond acceptors (Lipinski definition) is 2. The zero-order valence-corrected chi connectivity index (χ0v) is 10.8. The smallest absolute Gasteiger partial charge is 0.124 e. The lowest BCUT2D eigenvalue weighted by molar-refractivity contribution is 0.625. The molecule has 0 aliphatic carbocycles. The van der Waals surface area contributed by atoms with Crippen LogP contribution in [0.2, 0.25) is 5.02 Å². The van der Waals surface area contributed by atoms with Gasteiger partial charge < -0.3 is 5.32 Å². The number of pyridine rings is 1. The zero-order chi connectivity index (χ0) is 13.0. The van der Waals surface area contributed by atoms with Crippen molar-refractivity contribution in [1.29, 1.82) is 0 Å². The third-order valence-electron chi connectivity index (χ3n) is 2.79. The van der Waals surface area contributed by atoms with E-state index in [0.29, 0.717) is 18.1 Å². The number of rotatable bonds is 4. The minimum atomic E-state index is -0.313. The van der Waals surface area contributed by atoms with Gasteiger partial charge in [0.05, 0.1) is 0 Å². The Bertz CT molecular complexity index is 543. The van der Waals surface area contributed by atoms with Crippen LogP contribution in [0.15, 0.2) is 36.7 Å². The van der Waals surface area contributed by atoms with Crippen LogP contribution in [0.3, 0.4) is 0 Å². The number of nitrogens with one attached hydrogen (secondary N) is 1. The van der Waals surface area contributed by atoms with Gasteiger partial charge in [-0.15, -0.1) is 0 Å². The van der Waals surface area contributed by atoms with Crippen LogP contribution in [0, 0.1) is 12.7 Å². The Labute approximate surface area is 111 Å². The predicted molar refractivity (Wildman–Crippen MR) is 70.9 cm³/mol. The molecule has 1 N–H and O–H groups in total. The summed E-state index contributed by atoms with van der Waals surface area (Å²) in [5.41, 5.74) is 3.23. The van der Waals surface area contributed by atoms with E-state index in [1.54, 1.807) is 12.3 Å². The molecule has 0 atom stereocenters. The van der Waals surface area contributed by atoms with Gasteiger partial charge in [-0.2, -0.15) is 0 Å². The molecule has 0 fully saturated rings. The molecule has 0 aliphatic rings. The molecule has 94 valence electrons. The van der Waals surface area contributed by atoms with Crippen molar-refractivity contribution >= 4 is 11.6 Å². The van der Waals surface area contributed by atoms with Gasteiger partial charge in [-0.05, 0) is 41.8 Å². The summed E-state index contributed by atoms with van der Waals surface area (Å²) in [4.78, 5) is 4.08. The molecule has 2 nitrogen and oxygen atoms in total. The molecule has 4 heteroatoms. The second-order valence-electron chi connectivity index (χ2n) is 4.14. The summed E-state index contributed by atoms with van der Waals surface area (Å²) >= 11 is 5.95. The fraction of sp³-hybridized carbons (Fsp3) is 0.214. The number of benzene rings is 1. The van der Waals surface area contributed by atoms with Crippen LogP contribution in [0.1, 0.15) is 16.7 Å². The Hall–Kier alpha value is -1.45. The normalized spacial score (nSPS) is 10.6. The van der Waals surface area contributed by atoms with Gasteiger partial charge in [-0.3, -0.25) is 4.98 Å². The average molecular weight is 265 g/mol. The van der Waals surface area contributed by atoms with Gasteiger partial charge in [0.15, 0.2) is 0 Å². The van der Waals surface area contributed by atoms with Gasteiger partial charge in [0.1, 0.15) is 5.82 Å². The number of halogens is 2. The summed E-state index contributed by atoms with van der Waals surface area (Å²) < 4.78 is 12.9. The largest absolute Gasteiger partial charge is 0.308 e. The van der Waals surface area contributed by atoms with Crippen LogP contribution in [0.4, 0.5) is 4.39 Å². The Kier molecular flexibility index (Phi) is 4.28.